The molecule has 1 rings (SSSR count). The lowest BCUT2D eigenvalue weighted by atomic mass is 10.1. The van der Waals surface area contributed by atoms with E-state index < -0.39 is 43.9 Å². The molecule has 0 saturated heterocycles. The van der Waals surface area contributed by atoms with Crippen LogP contribution < -0.4 is 5.11 Å². The Kier molecular flexibility index (Phi) is 8.28. The lowest BCUT2D eigenvalue weighted by Crippen LogP contribution is -2.42. The van der Waals surface area contributed by atoms with Crippen LogP contribution in [0.15, 0.2) is 30.3 Å². The zero-order chi connectivity index (χ0) is 19.7. The molecular weight excluding hydrogens is 365 g/mol. The highest BCUT2D eigenvalue weighted by molar-refractivity contribution is 7.59. The molecule has 1 amide bonds. The minimum atomic E-state index is -4.47. The molecule has 144 valence electrons. The summed E-state index contributed by atoms with van der Waals surface area (Å²) >= 11 is 0. The van der Waals surface area contributed by atoms with Gasteiger partial charge in [0.05, 0.1) is 25.3 Å². The Hall–Kier alpha value is -2.38. The van der Waals surface area contributed by atoms with E-state index in [1.165, 1.54) is 6.92 Å². The first kappa shape index (κ1) is 21.7. The van der Waals surface area contributed by atoms with Crippen molar-refractivity contribution in [1.29, 1.82) is 0 Å². The second-order valence-electron chi connectivity index (χ2n) is 5.39. The van der Waals surface area contributed by atoms with Crippen LogP contribution in [0.3, 0.4) is 0 Å². The van der Waals surface area contributed by atoms with Gasteiger partial charge < -0.3 is 24.3 Å². The number of hydrogen-bond acceptors (Lipinski definition) is 7. The predicted octanol–water partition coefficient (Wildman–Crippen LogP) is 0.207. The van der Waals surface area contributed by atoms with Crippen molar-refractivity contribution in [3.63, 3.8) is 0 Å². The molecule has 0 aliphatic rings. The molecule has 1 aromatic carbocycles. The molecule has 0 saturated carbocycles. The summed E-state index contributed by atoms with van der Waals surface area (Å²) in [4.78, 5) is 45.8. The molecule has 0 bridgehead atoms. The molecule has 0 aliphatic carbocycles. The molecule has 0 aromatic heterocycles. The summed E-state index contributed by atoms with van der Waals surface area (Å²) in [6.07, 6.45) is -2.16. The number of aliphatic carboxylic acids is 1. The van der Waals surface area contributed by atoms with Crippen molar-refractivity contribution in [1.82, 2.24) is 4.90 Å². The van der Waals surface area contributed by atoms with Crippen LogP contribution in [0.1, 0.15) is 12.5 Å². The van der Waals surface area contributed by atoms with Crippen LogP contribution in [0.25, 0.3) is 0 Å². The number of carbonyl (C=O) groups excluding carboxylic acids is 3. The third kappa shape index (κ3) is 6.50. The van der Waals surface area contributed by atoms with Gasteiger partial charge in [0.15, 0.2) is 0 Å². The van der Waals surface area contributed by atoms with E-state index in [0.29, 0.717) is 10.5 Å². The number of esters is 1. The van der Waals surface area contributed by atoms with E-state index >= 15 is 0 Å². The zero-order valence-corrected chi connectivity index (χ0v) is 15.4. The molecule has 0 spiro atoms. The molecule has 0 fully saturated rings. The normalized spacial score (nSPS) is 14.0. The highest BCUT2D eigenvalue weighted by atomic mass is 31.2. The van der Waals surface area contributed by atoms with Gasteiger partial charge in [-0.15, -0.1) is 0 Å². The van der Waals surface area contributed by atoms with E-state index in [1.807, 2.05) is 0 Å². The summed E-state index contributed by atoms with van der Waals surface area (Å²) in [5.74, 6) is -2.56. The van der Waals surface area contributed by atoms with Gasteiger partial charge in [-0.2, -0.15) is 0 Å². The lowest BCUT2D eigenvalue weighted by molar-refractivity contribution is -0.305. The fourth-order valence-electron chi connectivity index (χ4n) is 2.18. The quantitative estimate of drug-likeness (QED) is 0.470. The van der Waals surface area contributed by atoms with Gasteiger partial charge in [0.2, 0.25) is 7.37 Å². The Morgan fingerprint density at radius 1 is 1.27 bits per heavy atom. The third-order valence-electron chi connectivity index (χ3n) is 3.48. The largest absolute Gasteiger partial charge is 0.549 e. The average Bonchev–Trinajstić information content (AvgIpc) is 2.59. The van der Waals surface area contributed by atoms with E-state index in [9.17, 15) is 28.9 Å². The van der Waals surface area contributed by atoms with E-state index in [2.05, 4.69) is 4.74 Å². The Bertz CT molecular complexity index is 678. The van der Waals surface area contributed by atoms with Gasteiger partial charge in [0.1, 0.15) is 12.8 Å². The van der Waals surface area contributed by atoms with Crippen molar-refractivity contribution in [2.45, 2.75) is 19.0 Å². The topological polar surface area (TPSA) is 133 Å². The fourth-order valence-corrected chi connectivity index (χ4v) is 3.91. The predicted molar refractivity (Wildman–Crippen MR) is 89.4 cm³/mol. The number of hydrogen-bond donors (Lipinski definition) is 1. The van der Waals surface area contributed by atoms with Crippen LogP contribution in [-0.2, 0) is 30.0 Å². The Labute approximate surface area is 151 Å². The van der Waals surface area contributed by atoms with Gasteiger partial charge >= 0.3 is 12.1 Å². The maximum atomic E-state index is 12.7. The molecule has 0 radical (unpaired) electrons. The lowest BCUT2D eigenvalue weighted by Gasteiger charge is -2.29. The van der Waals surface area contributed by atoms with E-state index in [4.69, 9.17) is 4.74 Å². The molecule has 1 unspecified atom stereocenters. The first-order valence-electron chi connectivity index (χ1n) is 7.76. The standard InChI is InChI=1S/C16H22NO8P/c1-3-25-16(21)17(10-14(18)24-2)11-26(22,23)13(15(19)20)9-12-7-5-4-6-8-12/h4-8,13H,3,9-11H2,1-2H3,(H,19,20)(H,22,23)/p-1/t13-/m1/s1. The van der Waals surface area contributed by atoms with Gasteiger partial charge in [-0.05, 0) is 18.9 Å². The number of methoxy groups -OCH3 is 1. The fraction of sp³-hybridized carbons (Fsp3) is 0.438. The molecule has 26 heavy (non-hydrogen) atoms. The molecule has 9 nitrogen and oxygen atoms in total. The Morgan fingerprint density at radius 3 is 2.38 bits per heavy atom. The zero-order valence-electron chi connectivity index (χ0n) is 14.5. The minimum Gasteiger partial charge on any atom is -0.549 e. The summed E-state index contributed by atoms with van der Waals surface area (Å²) in [5.41, 5.74) is -1.23. The van der Waals surface area contributed by atoms with Gasteiger partial charge in [0.25, 0.3) is 0 Å². The summed E-state index contributed by atoms with van der Waals surface area (Å²) < 4.78 is 21.9. The molecule has 1 N–H and O–H groups in total. The number of benzene rings is 1. The monoisotopic (exact) mass is 386 g/mol. The molecule has 2 atom stereocenters. The van der Waals surface area contributed by atoms with Crippen LogP contribution in [0.4, 0.5) is 4.79 Å². The van der Waals surface area contributed by atoms with Gasteiger partial charge in [-0.25, -0.2) is 4.79 Å². The molecule has 1 aromatic rings. The van der Waals surface area contributed by atoms with Crippen LogP contribution in [0, 0.1) is 0 Å². The number of carbonyl (C=O) groups is 3. The molecular formula is C16H21NO8P-. The van der Waals surface area contributed by atoms with Crippen LogP contribution in [0.2, 0.25) is 0 Å². The van der Waals surface area contributed by atoms with Crippen molar-refractivity contribution >= 4 is 25.4 Å². The van der Waals surface area contributed by atoms with Gasteiger partial charge in [0, 0.05) is 0 Å². The maximum Gasteiger partial charge on any atom is 0.410 e. The number of carboxylic acids is 1. The van der Waals surface area contributed by atoms with Crippen LogP contribution in [0.5, 0.6) is 0 Å². The second kappa shape index (κ2) is 9.94. The summed E-state index contributed by atoms with van der Waals surface area (Å²) in [7, 11) is -3.38. The number of amides is 1. The Morgan fingerprint density at radius 2 is 1.88 bits per heavy atom. The highest BCUT2D eigenvalue weighted by Gasteiger charge is 2.36. The number of ether oxygens (including phenoxy) is 2. The summed E-state index contributed by atoms with van der Waals surface area (Å²) in [6.45, 7) is 0.845. The van der Waals surface area contributed by atoms with Crippen LogP contribution >= 0.6 is 7.37 Å². The first-order chi connectivity index (χ1) is 12.2. The smallest absolute Gasteiger partial charge is 0.410 e. The molecule has 0 aliphatic heterocycles. The first-order valence-corrected chi connectivity index (χ1v) is 9.67. The molecule has 0 heterocycles. The highest BCUT2D eigenvalue weighted by Crippen LogP contribution is 2.48. The van der Waals surface area contributed by atoms with Crippen molar-refractivity contribution in [2.24, 2.45) is 0 Å². The van der Waals surface area contributed by atoms with Crippen molar-refractivity contribution in [3.05, 3.63) is 35.9 Å². The van der Waals surface area contributed by atoms with E-state index in [1.54, 1.807) is 30.3 Å². The summed E-state index contributed by atoms with van der Waals surface area (Å²) in [6, 6.07) is 8.24. The van der Waals surface area contributed by atoms with E-state index in [0.717, 1.165) is 7.11 Å². The average molecular weight is 386 g/mol. The molecule has 10 heteroatoms. The van der Waals surface area contributed by atoms with Crippen molar-refractivity contribution in [3.8, 4) is 0 Å². The minimum absolute atomic E-state index is 0.0276. The van der Waals surface area contributed by atoms with Crippen molar-refractivity contribution in [2.75, 3.05) is 26.5 Å². The van der Waals surface area contributed by atoms with E-state index in [-0.39, 0.29) is 13.0 Å². The number of carboxylic acid groups (broad SMARTS) is 1. The second-order valence-corrected chi connectivity index (χ2v) is 7.81. The maximum absolute atomic E-state index is 12.7. The summed E-state index contributed by atoms with van der Waals surface area (Å²) in [5, 5.41) is 11.4. The Balaban J connectivity index is 3.03. The van der Waals surface area contributed by atoms with Gasteiger partial charge in [-0.3, -0.25) is 14.3 Å². The van der Waals surface area contributed by atoms with Gasteiger partial charge in [-0.1, -0.05) is 30.3 Å². The number of nitrogens with zero attached hydrogens (tertiary/aromatic N) is 1. The van der Waals surface area contributed by atoms with Crippen molar-refractivity contribution < 1.29 is 38.4 Å². The SMILES string of the molecule is CCOC(=O)N(CC(=O)OC)CP(=O)(O)[C@H](Cc1ccccc1)C(=O)[O-]. The van der Waals surface area contributed by atoms with Crippen LogP contribution in [-0.4, -0.2) is 60.0 Å². The number of rotatable bonds is 9. The third-order valence-corrected chi connectivity index (χ3v) is 5.59.